The topological polar surface area (TPSA) is 51.4 Å². The highest BCUT2D eigenvalue weighted by atomic mass is 32.1. The molecule has 0 saturated carbocycles. The summed E-state index contributed by atoms with van der Waals surface area (Å²) < 4.78 is 5.98. The predicted molar refractivity (Wildman–Crippen MR) is 84.9 cm³/mol. The number of rotatable bonds is 6. The van der Waals surface area contributed by atoms with Gasteiger partial charge in [-0.15, -0.1) is 11.3 Å². The van der Waals surface area contributed by atoms with Gasteiger partial charge < -0.3 is 10.5 Å². The van der Waals surface area contributed by atoms with Crippen LogP contribution in [0.15, 0.2) is 35.7 Å². The van der Waals surface area contributed by atoms with E-state index < -0.39 is 0 Å². The highest BCUT2D eigenvalue weighted by Crippen LogP contribution is 2.18. The number of nitrogens with two attached hydrogens (primary N) is 1. The first kappa shape index (κ1) is 14.7. The van der Waals surface area contributed by atoms with Gasteiger partial charge in [0.1, 0.15) is 5.01 Å². The summed E-state index contributed by atoms with van der Waals surface area (Å²) in [4.78, 5) is 6.88. The van der Waals surface area contributed by atoms with Crippen LogP contribution in [0.1, 0.15) is 22.7 Å². The lowest BCUT2D eigenvalue weighted by molar-refractivity contribution is 0.0445. The van der Waals surface area contributed by atoms with Crippen LogP contribution in [0.5, 0.6) is 0 Å². The Kier molecular flexibility index (Phi) is 4.98. The van der Waals surface area contributed by atoms with Crippen molar-refractivity contribution in [1.82, 2.24) is 9.88 Å². The molecule has 1 saturated heterocycles. The second-order valence-electron chi connectivity index (χ2n) is 5.38. The van der Waals surface area contributed by atoms with Gasteiger partial charge in [-0.25, -0.2) is 4.98 Å². The van der Waals surface area contributed by atoms with Gasteiger partial charge in [-0.05, 0) is 12.0 Å². The number of hydrogen-bond donors (Lipinski definition) is 1. The first-order valence-electron chi connectivity index (χ1n) is 7.34. The molecule has 1 aliphatic rings. The Morgan fingerprint density at radius 1 is 1.33 bits per heavy atom. The van der Waals surface area contributed by atoms with Crippen molar-refractivity contribution in [3.8, 4) is 0 Å². The third kappa shape index (κ3) is 4.11. The van der Waals surface area contributed by atoms with Crippen molar-refractivity contribution in [3.63, 3.8) is 0 Å². The SMILES string of the molecule is NCc1nc(COC2CCN(Cc3ccccc3)C2)cs1. The number of nitrogens with zero attached hydrogens (tertiary/aromatic N) is 2. The third-order valence-electron chi connectivity index (χ3n) is 3.72. The van der Waals surface area contributed by atoms with Gasteiger partial charge in [0.15, 0.2) is 0 Å². The number of thiazole rings is 1. The van der Waals surface area contributed by atoms with Crippen molar-refractivity contribution in [1.29, 1.82) is 0 Å². The lowest BCUT2D eigenvalue weighted by atomic mass is 10.2. The van der Waals surface area contributed by atoms with Crippen molar-refractivity contribution >= 4 is 11.3 Å². The second-order valence-corrected chi connectivity index (χ2v) is 6.32. The van der Waals surface area contributed by atoms with Gasteiger partial charge in [0.25, 0.3) is 0 Å². The number of aromatic nitrogens is 1. The number of hydrogen-bond acceptors (Lipinski definition) is 5. The van der Waals surface area contributed by atoms with E-state index in [0.29, 0.717) is 19.3 Å². The Morgan fingerprint density at radius 3 is 2.95 bits per heavy atom. The van der Waals surface area contributed by atoms with Crippen LogP contribution < -0.4 is 5.73 Å². The molecule has 112 valence electrons. The molecule has 0 bridgehead atoms. The summed E-state index contributed by atoms with van der Waals surface area (Å²) in [6.07, 6.45) is 1.41. The van der Waals surface area contributed by atoms with E-state index in [9.17, 15) is 0 Å². The van der Waals surface area contributed by atoms with E-state index >= 15 is 0 Å². The van der Waals surface area contributed by atoms with Crippen LogP contribution in [0.3, 0.4) is 0 Å². The maximum absolute atomic E-state index is 5.98. The molecule has 1 aromatic carbocycles. The molecule has 1 unspecified atom stereocenters. The van der Waals surface area contributed by atoms with E-state index in [1.54, 1.807) is 11.3 Å². The van der Waals surface area contributed by atoms with Crippen molar-refractivity contribution < 1.29 is 4.74 Å². The minimum Gasteiger partial charge on any atom is -0.371 e. The minimum atomic E-state index is 0.316. The number of likely N-dealkylation sites (tertiary alicyclic amines) is 1. The Hall–Kier alpha value is -1.27. The zero-order chi connectivity index (χ0) is 14.5. The van der Waals surface area contributed by atoms with Crippen LogP contribution in [-0.4, -0.2) is 29.1 Å². The molecule has 21 heavy (non-hydrogen) atoms. The fourth-order valence-electron chi connectivity index (χ4n) is 2.63. The van der Waals surface area contributed by atoms with Gasteiger partial charge >= 0.3 is 0 Å². The van der Waals surface area contributed by atoms with E-state index in [1.165, 1.54) is 5.56 Å². The van der Waals surface area contributed by atoms with Gasteiger partial charge in [0.05, 0.1) is 18.4 Å². The van der Waals surface area contributed by atoms with Crippen molar-refractivity contribution in [2.45, 2.75) is 32.2 Å². The van der Waals surface area contributed by atoms with Gasteiger partial charge in [0, 0.05) is 31.6 Å². The first-order chi connectivity index (χ1) is 10.3. The van der Waals surface area contributed by atoms with E-state index in [2.05, 4.69) is 40.2 Å². The summed E-state index contributed by atoms with van der Waals surface area (Å²) in [7, 11) is 0. The van der Waals surface area contributed by atoms with Crippen LogP contribution in [0.4, 0.5) is 0 Å². The molecule has 0 radical (unpaired) electrons. The van der Waals surface area contributed by atoms with E-state index in [4.69, 9.17) is 10.5 Å². The van der Waals surface area contributed by atoms with E-state index in [1.807, 2.05) is 5.38 Å². The Labute approximate surface area is 129 Å². The third-order valence-corrected chi connectivity index (χ3v) is 4.64. The van der Waals surface area contributed by atoms with Crippen LogP contribution in [-0.2, 0) is 24.4 Å². The summed E-state index contributed by atoms with van der Waals surface area (Å²) in [5, 5.41) is 3.02. The monoisotopic (exact) mass is 303 g/mol. The predicted octanol–water partition coefficient (Wildman–Crippen LogP) is 2.39. The average Bonchev–Trinajstić information content (AvgIpc) is 3.15. The first-order valence-corrected chi connectivity index (χ1v) is 8.22. The molecule has 3 rings (SSSR count). The molecule has 2 aromatic rings. The standard InChI is InChI=1S/C16H21N3OS/c17-8-16-18-14(12-21-16)11-20-15-6-7-19(10-15)9-13-4-2-1-3-5-13/h1-5,12,15H,6-11,17H2. The molecule has 2 N–H and O–H groups in total. The van der Waals surface area contributed by atoms with Crippen LogP contribution >= 0.6 is 11.3 Å². The largest absolute Gasteiger partial charge is 0.371 e. The van der Waals surface area contributed by atoms with Crippen LogP contribution in [0, 0.1) is 0 Å². The lowest BCUT2D eigenvalue weighted by Gasteiger charge is -2.16. The van der Waals surface area contributed by atoms with E-state index in [-0.39, 0.29) is 0 Å². The fourth-order valence-corrected chi connectivity index (χ4v) is 3.29. The summed E-state index contributed by atoms with van der Waals surface area (Å²) in [6.45, 7) is 4.22. The Bertz CT molecular complexity index is 558. The van der Waals surface area contributed by atoms with Crippen LogP contribution in [0.25, 0.3) is 0 Å². The normalized spacial score (nSPS) is 19.2. The molecular weight excluding hydrogens is 282 g/mol. The average molecular weight is 303 g/mol. The Morgan fingerprint density at radius 2 is 2.19 bits per heavy atom. The van der Waals surface area contributed by atoms with E-state index in [0.717, 1.165) is 36.8 Å². The summed E-state index contributed by atoms with van der Waals surface area (Å²) in [5.41, 5.74) is 7.94. The molecule has 1 aromatic heterocycles. The van der Waals surface area contributed by atoms with Crippen molar-refractivity contribution in [2.24, 2.45) is 5.73 Å². The fraction of sp³-hybridized carbons (Fsp3) is 0.438. The summed E-state index contributed by atoms with van der Waals surface area (Å²) in [5.74, 6) is 0. The van der Waals surface area contributed by atoms with Crippen LogP contribution in [0.2, 0.25) is 0 Å². The molecule has 0 spiro atoms. The smallest absolute Gasteiger partial charge is 0.107 e. The number of benzene rings is 1. The minimum absolute atomic E-state index is 0.316. The quantitative estimate of drug-likeness (QED) is 0.890. The zero-order valence-electron chi connectivity index (χ0n) is 12.1. The number of ether oxygens (including phenoxy) is 1. The molecule has 1 atom stereocenters. The highest BCUT2D eigenvalue weighted by molar-refractivity contribution is 7.09. The molecule has 4 nitrogen and oxygen atoms in total. The maximum Gasteiger partial charge on any atom is 0.107 e. The Balaban J connectivity index is 1.44. The summed E-state index contributed by atoms with van der Waals surface area (Å²) in [6, 6.07) is 10.6. The molecule has 0 aliphatic carbocycles. The van der Waals surface area contributed by atoms with Crippen molar-refractivity contribution in [3.05, 3.63) is 52.0 Å². The molecule has 5 heteroatoms. The summed E-state index contributed by atoms with van der Waals surface area (Å²) >= 11 is 1.61. The molecule has 1 fully saturated rings. The molecular formula is C16H21N3OS. The zero-order valence-corrected chi connectivity index (χ0v) is 12.9. The molecule has 1 aliphatic heterocycles. The van der Waals surface area contributed by atoms with Crippen molar-refractivity contribution in [2.75, 3.05) is 13.1 Å². The lowest BCUT2D eigenvalue weighted by Crippen LogP contribution is -2.23. The highest BCUT2D eigenvalue weighted by Gasteiger charge is 2.23. The maximum atomic E-state index is 5.98. The van der Waals surface area contributed by atoms with Gasteiger partial charge in [-0.1, -0.05) is 30.3 Å². The van der Waals surface area contributed by atoms with Gasteiger partial charge in [-0.2, -0.15) is 0 Å². The molecule has 2 heterocycles. The second kappa shape index (κ2) is 7.13. The van der Waals surface area contributed by atoms with Gasteiger partial charge in [0.2, 0.25) is 0 Å². The van der Waals surface area contributed by atoms with Gasteiger partial charge in [-0.3, -0.25) is 4.90 Å². The molecule has 0 amide bonds.